The molecule has 1 aliphatic rings. The molecule has 0 aliphatic carbocycles. The van der Waals surface area contributed by atoms with Crippen molar-refractivity contribution in [2.24, 2.45) is 5.92 Å². The Balaban J connectivity index is 2.05. The molecular formula is C13H17N3O3. The number of amides is 1. The highest BCUT2D eigenvalue weighted by Crippen LogP contribution is 2.26. The van der Waals surface area contributed by atoms with Crippen LogP contribution in [0.15, 0.2) is 18.2 Å². The molecule has 2 rings (SSSR count). The number of aryl methyl sites for hydroxylation is 1. The summed E-state index contributed by atoms with van der Waals surface area (Å²) in [6.07, 6.45) is 1.38. The average molecular weight is 263 g/mol. The third-order valence-corrected chi connectivity index (χ3v) is 3.26. The molecule has 0 radical (unpaired) electrons. The molecule has 1 saturated heterocycles. The van der Waals surface area contributed by atoms with Gasteiger partial charge < -0.3 is 10.6 Å². The van der Waals surface area contributed by atoms with Crippen LogP contribution >= 0.6 is 0 Å². The summed E-state index contributed by atoms with van der Waals surface area (Å²) >= 11 is 0. The van der Waals surface area contributed by atoms with Crippen molar-refractivity contribution in [3.8, 4) is 0 Å². The molecule has 1 heterocycles. The van der Waals surface area contributed by atoms with Crippen molar-refractivity contribution < 1.29 is 9.72 Å². The zero-order valence-corrected chi connectivity index (χ0v) is 10.8. The van der Waals surface area contributed by atoms with Crippen molar-refractivity contribution in [1.29, 1.82) is 0 Å². The van der Waals surface area contributed by atoms with E-state index in [0.29, 0.717) is 12.3 Å². The molecule has 6 heteroatoms. The number of rotatable bonds is 4. The maximum atomic E-state index is 11.9. The van der Waals surface area contributed by atoms with Crippen molar-refractivity contribution >= 4 is 17.3 Å². The van der Waals surface area contributed by atoms with Gasteiger partial charge in [0.25, 0.3) is 5.69 Å². The molecule has 1 unspecified atom stereocenters. The molecule has 102 valence electrons. The maximum absolute atomic E-state index is 11.9. The van der Waals surface area contributed by atoms with Crippen LogP contribution < -0.4 is 10.6 Å². The first-order valence-corrected chi connectivity index (χ1v) is 6.32. The van der Waals surface area contributed by atoms with Gasteiger partial charge in [0.15, 0.2) is 0 Å². The van der Waals surface area contributed by atoms with E-state index in [1.165, 1.54) is 6.07 Å². The van der Waals surface area contributed by atoms with Gasteiger partial charge in [-0.3, -0.25) is 14.9 Å². The quantitative estimate of drug-likeness (QED) is 0.641. The van der Waals surface area contributed by atoms with Gasteiger partial charge in [-0.1, -0.05) is 6.07 Å². The lowest BCUT2D eigenvalue weighted by Gasteiger charge is -2.09. The first-order chi connectivity index (χ1) is 9.06. The van der Waals surface area contributed by atoms with Crippen molar-refractivity contribution in [1.82, 2.24) is 5.32 Å². The van der Waals surface area contributed by atoms with Gasteiger partial charge in [-0.15, -0.1) is 0 Å². The Morgan fingerprint density at radius 1 is 1.58 bits per heavy atom. The maximum Gasteiger partial charge on any atom is 0.293 e. The summed E-state index contributed by atoms with van der Waals surface area (Å²) in [5, 5.41) is 16.8. The van der Waals surface area contributed by atoms with E-state index in [1.807, 2.05) is 0 Å². The highest BCUT2D eigenvalue weighted by atomic mass is 16.6. The third-order valence-electron chi connectivity index (χ3n) is 3.26. The van der Waals surface area contributed by atoms with Crippen molar-refractivity contribution in [3.05, 3.63) is 33.9 Å². The molecule has 1 aromatic carbocycles. The summed E-state index contributed by atoms with van der Waals surface area (Å²) in [4.78, 5) is 22.3. The Bertz CT molecular complexity index is 496. The number of hydrogen-bond acceptors (Lipinski definition) is 4. The number of carbonyl (C=O) groups is 1. The van der Waals surface area contributed by atoms with Gasteiger partial charge in [-0.25, -0.2) is 0 Å². The van der Waals surface area contributed by atoms with Gasteiger partial charge in [-0.2, -0.15) is 0 Å². The van der Waals surface area contributed by atoms with Crippen molar-refractivity contribution in [2.75, 3.05) is 18.4 Å². The second-order valence-corrected chi connectivity index (χ2v) is 4.89. The number of anilines is 1. The molecule has 0 bridgehead atoms. The second kappa shape index (κ2) is 5.79. The first kappa shape index (κ1) is 13.5. The van der Waals surface area contributed by atoms with Crippen LogP contribution in [0.5, 0.6) is 0 Å². The van der Waals surface area contributed by atoms with E-state index < -0.39 is 4.92 Å². The number of hydrogen-bond donors (Lipinski definition) is 2. The van der Waals surface area contributed by atoms with E-state index >= 15 is 0 Å². The van der Waals surface area contributed by atoms with E-state index in [0.717, 1.165) is 25.1 Å². The fourth-order valence-electron chi connectivity index (χ4n) is 2.25. The Morgan fingerprint density at radius 3 is 3.00 bits per heavy atom. The van der Waals surface area contributed by atoms with Crippen LogP contribution in [-0.4, -0.2) is 23.9 Å². The first-order valence-electron chi connectivity index (χ1n) is 6.32. The number of nitro benzene ring substituents is 1. The summed E-state index contributed by atoms with van der Waals surface area (Å²) in [5.41, 5.74) is 1.01. The Hall–Kier alpha value is -1.95. The minimum absolute atomic E-state index is 0.0575. The standard InChI is InChI=1S/C13H17N3O3/c1-9-2-3-11(12(6-9)16(18)19)15-13(17)7-10-4-5-14-8-10/h2-3,6,10,14H,4-5,7-8H2,1H3,(H,15,17). The number of carbonyl (C=O) groups excluding carboxylic acids is 1. The molecule has 2 N–H and O–H groups in total. The van der Waals surface area contributed by atoms with Crippen molar-refractivity contribution in [2.45, 2.75) is 19.8 Å². The lowest BCUT2D eigenvalue weighted by atomic mass is 10.0. The van der Waals surface area contributed by atoms with Gasteiger partial charge in [0.2, 0.25) is 5.91 Å². The molecule has 0 spiro atoms. The van der Waals surface area contributed by atoms with Gasteiger partial charge in [0.1, 0.15) is 5.69 Å². The van der Waals surface area contributed by atoms with E-state index in [9.17, 15) is 14.9 Å². The molecule has 19 heavy (non-hydrogen) atoms. The number of benzene rings is 1. The second-order valence-electron chi connectivity index (χ2n) is 4.89. The Kier molecular flexibility index (Phi) is 4.11. The van der Waals surface area contributed by atoms with Crippen LogP contribution in [0.4, 0.5) is 11.4 Å². The van der Waals surface area contributed by atoms with Crippen LogP contribution in [0.25, 0.3) is 0 Å². The SMILES string of the molecule is Cc1ccc(NC(=O)CC2CCNC2)c([N+](=O)[O-])c1. The van der Waals surface area contributed by atoms with Crippen LogP contribution in [0.3, 0.4) is 0 Å². The lowest BCUT2D eigenvalue weighted by Crippen LogP contribution is -2.18. The van der Waals surface area contributed by atoms with E-state index in [4.69, 9.17) is 0 Å². The summed E-state index contributed by atoms with van der Waals surface area (Å²) in [6.45, 7) is 3.55. The number of nitro groups is 1. The predicted octanol–water partition coefficient (Wildman–Crippen LogP) is 1.84. The molecule has 1 aromatic rings. The number of nitrogens with zero attached hydrogens (tertiary/aromatic N) is 1. The predicted molar refractivity (Wildman–Crippen MR) is 72.1 cm³/mol. The van der Waals surface area contributed by atoms with Gasteiger partial charge in [-0.05, 0) is 44.0 Å². The van der Waals surface area contributed by atoms with Gasteiger partial charge in [0, 0.05) is 12.5 Å². The minimum Gasteiger partial charge on any atom is -0.320 e. The average Bonchev–Trinajstić information content (AvgIpc) is 2.83. The van der Waals surface area contributed by atoms with Crippen LogP contribution in [0.2, 0.25) is 0 Å². The smallest absolute Gasteiger partial charge is 0.293 e. The molecule has 1 fully saturated rings. The minimum atomic E-state index is -0.472. The molecule has 1 atom stereocenters. The van der Waals surface area contributed by atoms with E-state index in [2.05, 4.69) is 10.6 Å². The largest absolute Gasteiger partial charge is 0.320 e. The number of nitrogens with one attached hydrogen (secondary N) is 2. The molecule has 0 aromatic heterocycles. The van der Waals surface area contributed by atoms with Gasteiger partial charge >= 0.3 is 0 Å². The van der Waals surface area contributed by atoms with Crippen LogP contribution in [0.1, 0.15) is 18.4 Å². The van der Waals surface area contributed by atoms with Crippen LogP contribution in [-0.2, 0) is 4.79 Å². The third kappa shape index (κ3) is 3.51. The molecule has 1 amide bonds. The topological polar surface area (TPSA) is 84.3 Å². The highest BCUT2D eigenvalue weighted by Gasteiger charge is 2.20. The monoisotopic (exact) mass is 263 g/mol. The van der Waals surface area contributed by atoms with Crippen molar-refractivity contribution in [3.63, 3.8) is 0 Å². The molecule has 0 saturated carbocycles. The summed E-state index contributed by atoms with van der Waals surface area (Å²) in [6, 6.07) is 4.80. The molecule has 6 nitrogen and oxygen atoms in total. The summed E-state index contributed by atoms with van der Waals surface area (Å²) in [5.74, 6) is 0.158. The normalized spacial score (nSPS) is 18.3. The fourth-order valence-corrected chi connectivity index (χ4v) is 2.25. The Morgan fingerprint density at radius 2 is 2.37 bits per heavy atom. The van der Waals surface area contributed by atoms with Gasteiger partial charge in [0.05, 0.1) is 4.92 Å². The highest BCUT2D eigenvalue weighted by molar-refractivity contribution is 5.93. The Labute approximate surface area is 111 Å². The molecule has 1 aliphatic heterocycles. The zero-order chi connectivity index (χ0) is 13.8. The lowest BCUT2D eigenvalue weighted by molar-refractivity contribution is -0.384. The van der Waals surface area contributed by atoms with E-state index in [1.54, 1.807) is 19.1 Å². The molecular weight excluding hydrogens is 246 g/mol. The summed E-state index contributed by atoms with van der Waals surface area (Å²) in [7, 11) is 0. The summed E-state index contributed by atoms with van der Waals surface area (Å²) < 4.78 is 0. The van der Waals surface area contributed by atoms with E-state index in [-0.39, 0.29) is 17.3 Å². The zero-order valence-electron chi connectivity index (χ0n) is 10.8. The van der Waals surface area contributed by atoms with Crippen LogP contribution in [0, 0.1) is 23.0 Å². The fraction of sp³-hybridized carbons (Fsp3) is 0.462.